The van der Waals surface area contributed by atoms with Crippen molar-refractivity contribution in [1.82, 2.24) is 15.5 Å². The Bertz CT molecular complexity index is 761. The maximum Gasteiger partial charge on any atom is 0.191 e. The summed E-state index contributed by atoms with van der Waals surface area (Å²) in [5.74, 6) is 0.636. The first-order valence-corrected chi connectivity index (χ1v) is 12.0. The summed E-state index contributed by atoms with van der Waals surface area (Å²) in [5, 5.41) is 6.54. The predicted octanol–water partition coefficient (Wildman–Crippen LogP) is 2.16. The molecule has 1 heterocycles. The molecule has 28 heavy (non-hydrogen) atoms. The Balaban J connectivity index is 2.00. The first kappa shape index (κ1) is 22.6. The Morgan fingerprint density at radius 1 is 1.25 bits per heavy atom. The maximum absolute atomic E-state index is 13.7. The monoisotopic (exact) mass is 412 g/mol. The second-order valence-corrected chi connectivity index (χ2v) is 9.81. The number of nitrogens with zero attached hydrogens (tertiary/aromatic N) is 2. The standard InChI is InChI=1S/C20H33FN4O2S/c1-4-22-20(23-12-16(2)14-25-9-5-6-10-25)24-13-18-11-19(21)8-7-17(18)15-28(3,26)27/h7-8,11,16H,4-6,9-10,12-15H2,1-3H3,(H2,22,23,24). The molecule has 0 radical (unpaired) electrons. The molecule has 1 aliphatic rings. The largest absolute Gasteiger partial charge is 0.357 e. The maximum atomic E-state index is 13.7. The van der Waals surface area contributed by atoms with Gasteiger partial charge in [-0.3, -0.25) is 0 Å². The minimum atomic E-state index is -3.20. The summed E-state index contributed by atoms with van der Waals surface area (Å²) in [6.07, 6.45) is 3.75. The molecular formula is C20H33FN4O2S. The van der Waals surface area contributed by atoms with Crippen LogP contribution in [0.4, 0.5) is 4.39 Å². The predicted molar refractivity (Wildman–Crippen MR) is 113 cm³/mol. The zero-order valence-corrected chi connectivity index (χ0v) is 18.0. The molecule has 1 aromatic carbocycles. The van der Waals surface area contributed by atoms with Gasteiger partial charge in [-0.15, -0.1) is 0 Å². The fourth-order valence-corrected chi connectivity index (χ4v) is 4.26. The van der Waals surface area contributed by atoms with Crippen molar-refractivity contribution in [1.29, 1.82) is 0 Å². The van der Waals surface area contributed by atoms with Crippen LogP contribution in [0, 0.1) is 11.7 Å². The smallest absolute Gasteiger partial charge is 0.191 e. The zero-order valence-electron chi connectivity index (χ0n) is 17.2. The van der Waals surface area contributed by atoms with E-state index in [2.05, 4.69) is 27.4 Å². The average molecular weight is 413 g/mol. The molecule has 1 aromatic rings. The van der Waals surface area contributed by atoms with Crippen LogP contribution in [0.3, 0.4) is 0 Å². The molecule has 0 aliphatic carbocycles. The van der Waals surface area contributed by atoms with Crippen molar-refractivity contribution < 1.29 is 12.8 Å². The fourth-order valence-electron chi connectivity index (χ4n) is 3.41. The van der Waals surface area contributed by atoms with E-state index in [4.69, 9.17) is 0 Å². The molecular weight excluding hydrogens is 379 g/mol. The Hall–Kier alpha value is -1.67. The SMILES string of the molecule is CCNC(=NCc1cc(F)ccc1CS(C)(=O)=O)NCC(C)CN1CCCC1. The van der Waals surface area contributed by atoms with E-state index in [1.54, 1.807) is 0 Å². The molecule has 1 aliphatic heterocycles. The lowest BCUT2D eigenvalue weighted by Gasteiger charge is -2.21. The fraction of sp³-hybridized carbons (Fsp3) is 0.650. The number of nitrogens with one attached hydrogen (secondary N) is 2. The molecule has 1 saturated heterocycles. The number of aliphatic imine (C=N–C) groups is 1. The van der Waals surface area contributed by atoms with E-state index in [0.717, 1.165) is 13.1 Å². The van der Waals surface area contributed by atoms with Crippen molar-refractivity contribution in [2.45, 2.75) is 39.0 Å². The van der Waals surface area contributed by atoms with Gasteiger partial charge in [0.25, 0.3) is 0 Å². The number of sulfone groups is 1. The van der Waals surface area contributed by atoms with E-state index in [1.165, 1.54) is 50.4 Å². The van der Waals surface area contributed by atoms with Gasteiger partial charge in [-0.05, 0) is 62.0 Å². The molecule has 158 valence electrons. The highest BCUT2D eigenvalue weighted by Gasteiger charge is 2.15. The van der Waals surface area contributed by atoms with Gasteiger partial charge in [-0.25, -0.2) is 17.8 Å². The van der Waals surface area contributed by atoms with Crippen molar-refractivity contribution in [3.8, 4) is 0 Å². The van der Waals surface area contributed by atoms with Gasteiger partial charge in [0, 0.05) is 25.9 Å². The highest BCUT2D eigenvalue weighted by atomic mass is 32.2. The van der Waals surface area contributed by atoms with Crippen LogP contribution in [0.1, 0.15) is 37.8 Å². The molecule has 1 unspecified atom stereocenters. The summed E-state index contributed by atoms with van der Waals surface area (Å²) < 4.78 is 36.9. The van der Waals surface area contributed by atoms with Crippen LogP contribution in [0.25, 0.3) is 0 Å². The van der Waals surface area contributed by atoms with Crippen LogP contribution >= 0.6 is 0 Å². The number of rotatable bonds is 9. The summed E-state index contributed by atoms with van der Waals surface area (Å²) in [6.45, 7) is 9.36. The third-order valence-electron chi connectivity index (χ3n) is 4.72. The Labute approximate surface area is 168 Å². The minimum Gasteiger partial charge on any atom is -0.357 e. The quantitative estimate of drug-likeness (QED) is 0.480. The van der Waals surface area contributed by atoms with E-state index >= 15 is 0 Å². The Morgan fingerprint density at radius 2 is 1.96 bits per heavy atom. The molecule has 0 bridgehead atoms. The van der Waals surface area contributed by atoms with Crippen LogP contribution in [0.2, 0.25) is 0 Å². The molecule has 2 rings (SSSR count). The van der Waals surface area contributed by atoms with Crippen molar-refractivity contribution in [3.05, 3.63) is 35.1 Å². The van der Waals surface area contributed by atoms with Gasteiger partial charge >= 0.3 is 0 Å². The van der Waals surface area contributed by atoms with Gasteiger partial charge in [-0.1, -0.05) is 13.0 Å². The van der Waals surface area contributed by atoms with Crippen LogP contribution in [0.5, 0.6) is 0 Å². The van der Waals surface area contributed by atoms with Crippen molar-refractivity contribution in [2.75, 3.05) is 39.0 Å². The van der Waals surface area contributed by atoms with Crippen LogP contribution in [0.15, 0.2) is 23.2 Å². The van der Waals surface area contributed by atoms with Crippen molar-refractivity contribution in [2.24, 2.45) is 10.9 Å². The molecule has 1 fully saturated rings. The van der Waals surface area contributed by atoms with Crippen LogP contribution in [-0.4, -0.2) is 58.3 Å². The molecule has 0 aromatic heterocycles. The van der Waals surface area contributed by atoms with E-state index in [9.17, 15) is 12.8 Å². The Morgan fingerprint density at radius 3 is 2.61 bits per heavy atom. The lowest BCUT2D eigenvalue weighted by Crippen LogP contribution is -2.41. The van der Waals surface area contributed by atoms with Crippen molar-refractivity contribution >= 4 is 15.8 Å². The summed E-state index contributed by atoms with van der Waals surface area (Å²) in [6, 6.07) is 4.18. The number of likely N-dealkylation sites (tertiary alicyclic amines) is 1. The van der Waals surface area contributed by atoms with Gasteiger partial charge in [0.1, 0.15) is 5.82 Å². The first-order chi connectivity index (χ1) is 13.3. The van der Waals surface area contributed by atoms with E-state index in [-0.39, 0.29) is 18.1 Å². The summed E-state index contributed by atoms with van der Waals surface area (Å²) in [5.41, 5.74) is 1.18. The number of guanidine groups is 1. The minimum absolute atomic E-state index is 0.116. The Kier molecular flexibility index (Phi) is 8.69. The highest BCUT2D eigenvalue weighted by molar-refractivity contribution is 7.89. The highest BCUT2D eigenvalue weighted by Crippen LogP contribution is 2.15. The van der Waals surface area contributed by atoms with Crippen molar-refractivity contribution in [3.63, 3.8) is 0 Å². The second kappa shape index (κ2) is 10.8. The third-order valence-corrected chi connectivity index (χ3v) is 5.56. The van der Waals surface area contributed by atoms with Crippen LogP contribution < -0.4 is 10.6 Å². The normalized spacial score (nSPS) is 16.9. The van der Waals surface area contributed by atoms with E-state index in [1.807, 2.05) is 6.92 Å². The van der Waals surface area contributed by atoms with Gasteiger partial charge in [-0.2, -0.15) is 0 Å². The second-order valence-electron chi connectivity index (χ2n) is 7.67. The third kappa shape index (κ3) is 8.14. The van der Waals surface area contributed by atoms with Gasteiger partial charge in [0.2, 0.25) is 0 Å². The number of hydrogen-bond acceptors (Lipinski definition) is 4. The average Bonchev–Trinajstić information content (AvgIpc) is 3.11. The van der Waals surface area contributed by atoms with Gasteiger partial charge in [0.05, 0.1) is 12.3 Å². The zero-order chi connectivity index (χ0) is 20.6. The van der Waals surface area contributed by atoms with E-state index < -0.39 is 9.84 Å². The molecule has 8 heteroatoms. The van der Waals surface area contributed by atoms with Gasteiger partial charge < -0.3 is 15.5 Å². The molecule has 6 nitrogen and oxygen atoms in total. The number of benzene rings is 1. The van der Waals surface area contributed by atoms with Gasteiger partial charge in [0.15, 0.2) is 15.8 Å². The number of hydrogen-bond donors (Lipinski definition) is 2. The molecule has 0 spiro atoms. The number of halogens is 1. The molecule has 2 N–H and O–H groups in total. The molecule has 0 amide bonds. The summed E-state index contributed by atoms with van der Waals surface area (Å²) >= 11 is 0. The first-order valence-electron chi connectivity index (χ1n) is 9.96. The molecule has 1 atom stereocenters. The van der Waals surface area contributed by atoms with E-state index in [0.29, 0.717) is 29.5 Å². The summed E-state index contributed by atoms with van der Waals surface area (Å²) in [7, 11) is -3.20. The molecule has 0 saturated carbocycles. The lowest BCUT2D eigenvalue weighted by atomic mass is 10.1. The lowest BCUT2D eigenvalue weighted by molar-refractivity contribution is 0.287. The van der Waals surface area contributed by atoms with Crippen LogP contribution in [-0.2, 0) is 22.1 Å². The topological polar surface area (TPSA) is 73.8 Å². The summed E-state index contributed by atoms with van der Waals surface area (Å²) in [4.78, 5) is 7.03.